The summed E-state index contributed by atoms with van der Waals surface area (Å²) in [5.74, 6) is -0.577. The van der Waals surface area contributed by atoms with Crippen molar-refractivity contribution in [1.29, 1.82) is 0 Å². The van der Waals surface area contributed by atoms with Crippen molar-refractivity contribution in [2.75, 3.05) is 6.54 Å². The number of carbonyl (C=O) groups excluding carboxylic acids is 1. The molecule has 2 heterocycles. The molecule has 2 unspecified atom stereocenters. The number of pyridine rings is 1. The van der Waals surface area contributed by atoms with Crippen LogP contribution in [0.2, 0.25) is 0 Å². The van der Waals surface area contributed by atoms with Gasteiger partial charge in [-0.15, -0.1) is 0 Å². The van der Waals surface area contributed by atoms with Crippen LogP contribution in [0, 0.1) is 5.82 Å². The number of carbonyl (C=O) groups is 1. The molecule has 0 N–H and O–H groups in total. The van der Waals surface area contributed by atoms with Crippen LogP contribution in [0.15, 0.2) is 52.7 Å². The summed E-state index contributed by atoms with van der Waals surface area (Å²) in [6, 6.07) is 8.35. The first kappa shape index (κ1) is 17.9. The van der Waals surface area contributed by atoms with Gasteiger partial charge in [0, 0.05) is 42.8 Å². The Hall–Kier alpha value is -2.89. The SMILES string of the molecule is CCN=CC1C(C)N=CC(=O)N1Cc1ccc(-c2cccnc2)cc1F. The lowest BCUT2D eigenvalue weighted by molar-refractivity contribution is -0.126. The predicted molar refractivity (Wildman–Crippen MR) is 101 cm³/mol. The van der Waals surface area contributed by atoms with Gasteiger partial charge in [-0.05, 0) is 31.5 Å². The summed E-state index contributed by atoms with van der Waals surface area (Å²) < 4.78 is 14.7. The Morgan fingerprint density at radius 2 is 2.15 bits per heavy atom. The average molecular weight is 352 g/mol. The average Bonchev–Trinajstić information content (AvgIpc) is 2.66. The molecule has 0 saturated carbocycles. The van der Waals surface area contributed by atoms with E-state index in [1.54, 1.807) is 29.6 Å². The molecule has 0 bridgehead atoms. The minimum atomic E-state index is -0.347. The van der Waals surface area contributed by atoms with E-state index in [2.05, 4.69) is 15.0 Å². The number of rotatable bonds is 5. The minimum absolute atomic E-state index is 0.110. The first-order valence-corrected chi connectivity index (χ1v) is 8.62. The number of aromatic nitrogens is 1. The summed E-state index contributed by atoms with van der Waals surface area (Å²) in [7, 11) is 0. The van der Waals surface area contributed by atoms with Crippen molar-refractivity contribution in [3.63, 3.8) is 0 Å². The molecule has 1 aliphatic rings. The van der Waals surface area contributed by atoms with Crippen molar-refractivity contribution >= 4 is 18.3 Å². The number of hydrogen-bond acceptors (Lipinski definition) is 4. The molecule has 3 rings (SSSR count). The molecular formula is C20H21FN4O. The van der Waals surface area contributed by atoms with Gasteiger partial charge in [0.05, 0.1) is 18.3 Å². The third-order valence-electron chi connectivity index (χ3n) is 4.39. The van der Waals surface area contributed by atoms with Crippen LogP contribution in [0.1, 0.15) is 19.4 Å². The van der Waals surface area contributed by atoms with E-state index in [4.69, 9.17) is 0 Å². The molecule has 5 nitrogen and oxygen atoms in total. The maximum atomic E-state index is 14.7. The lowest BCUT2D eigenvalue weighted by Crippen LogP contribution is -2.50. The molecule has 2 atom stereocenters. The molecular weight excluding hydrogens is 331 g/mol. The summed E-state index contributed by atoms with van der Waals surface area (Å²) in [4.78, 5) is 26.4. The van der Waals surface area contributed by atoms with Gasteiger partial charge in [-0.3, -0.25) is 19.8 Å². The van der Waals surface area contributed by atoms with Crippen molar-refractivity contribution in [3.05, 3.63) is 54.1 Å². The van der Waals surface area contributed by atoms with E-state index in [1.807, 2.05) is 32.0 Å². The summed E-state index contributed by atoms with van der Waals surface area (Å²) in [5, 5.41) is 0. The molecule has 1 aliphatic heterocycles. The Balaban J connectivity index is 1.86. The fraction of sp³-hybridized carbons (Fsp3) is 0.300. The third kappa shape index (κ3) is 3.85. The molecule has 0 spiro atoms. The molecule has 6 heteroatoms. The fourth-order valence-electron chi connectivity index (χ4n) is 2.92. The van der Waals surface area contributed by atoms with Crippen molar-refractivity contribution in [2.24, 2.45) is 9.98 Å². The largest absolute Gasteiger partial charge is 0.323 e. The predicted octanol–water partition coefficient (Wildman–Crippen LogP) is 3.15. The molecule has 0 aliphatic carbocycles. The van der Waals surface area contributed by atoms with E-state index in [1.165, 1.54) is 12.3 Å². The highest BCUT2D eigenvalue weighted by atomic mass is 19.1. The lowest BCUT2D eigenvalue weighted by Gasteiger charge is -2.34. The third-order valence-corrected chi connectivity index (χ3v) is 4.39. The van der Waals surface area contributed by atoms with Gasteiger partial charge >= 0.3 is 0 Å². The van der Waals surface area contributed by atoms with Gasteiger partial charge in [-0.1, -0.05) is 18.2 Å². The van der Waals surface area contributed by atoms with Crippen LogP contribution < -0.4 is 0 Å². The summed E-state index contributed by atoms with van der Waals surface area (Å²) in [5.41, 5.74) is 2.06. The van der Waals surface area contributed by atoms with Crippen LogP contribution in [0.4, 0.5) is 4.39 Å². The molecule has 134 valence electrons. The van der Waals surface area contributed by atoms with Crippen molar-refractivity contribution in [3.8, 4) is 11.1 Å². The van der Waals surface area contributed by atoms with E-state index in [0.29, 0.717) is 12.1 Å². The van der Waals surface area contributed by atoms with Crippen molar-refractivity contribution in [2.45, 2.75) is 32.5 Å². The number of benzene rings is 1. The Labute approximate surface area is 152 Å². The molecule has 26 heavy (non-hydrogen) atoms. The highest BCUT2D eigenvalue weighted by molar-refractivity contribution is 6.27. The number of halogens is 1. The van der Waals surface area contributed by atoms with E-state index < -0.39 is 0 Å². The van der Waals surface area contributed by atoms with Gasteiger partial charge in [0.1, 0.15) is 5.82 Å². The van der Waals surface area contributed by atoms with Gasteiger partial charge in [0.2, 0.25) is 0 Å². The first-order valence-electron chi connectivity index (χ1n) is 8.62. The summed E-state index contributed by atoms with van der Waals surface area (Å²) >= 11 is 0. The van der Waals surface area contributed by atoms with Gasteiger partial charge in [0.25, 0.3) is 5.91 Å². The van der Waals surface area contributed by atoms with Crippen molar-refractivity contribution in [1.82, 2.24) is 9.88 Å². The van der Waals surface area contributed by atoms with Gasteiger partial charge in [-0.25, -0.2) is 4.39 Å². The maximum Gasteiger partial charge on any atom is 0.265 e. The molecule has 0 fully saturated rings. The van der Waals surface area contributed by atoms with Gasteiger partial charge in [0.15, 0.2) is 0 Å². The topological polar surface area (TPSA) is 57.9 Å². The van der Waals surface area contributed by atoms with Crippen LogP contribution in [0.3, 0.4) is 0 Å². The molecule has 1 amide bonds. The number of amides is 1. The summed E-state index contributed by atoms with van der Waals surface area (Å²) in [6.45, 7) is 4.65. The minimum Gasteiger partial charge on any atom is -0.323 e. The smallest absolute Gasteiger partial charge is 0.265 e. The van der Waals surface area contributed by atoms with E-state index >= 15 is 0 Å². The Morgan fingerprint density at radius 1 is 1.31 bits per heavy atom. The van der Waals surface area contributed by atoms with E-state index in [9.17, 15) is 9.18 Å². The summed E-state index contributed by atoms with van der Waals surface area (Å²) in [6.07, 6.45) is 6.42. The Morgan fingerprint density at radius 3 is 2.85 bits per heavy atom. The zero-order valence-corrected chi connectivity index (χ0v) is 14.8. The van der Waals surface area contributed by atoms with Crippen molar-refractivity contribution < 1.29 is 9.18 Å². The second-order valence-electron chi connectivity index (χ2n) is 6.17. The number of aliphatic imine (C=N–C) groups is 2. The number of hydrogen-bond donors (Lipinski definition) is 0. The first-order chi connectivity index (χ1) is 12.6. The highest BCUT2D eigenvalue weighted by Gasteiger charge is 2.30. The highest BCUT2D eigenvalue weighted by Crippen LogP contribution is 2.23. The quantitative estimate of drug-likeness (QED) is 0.776. The van der Waals surface area contributed by atoms with Crippen LogP contribution >= 0.6 is 0 Å². The Kier molecular flexibility index (Phi) is 5.51. The molecule has 1 aromatic heterocycles. The zero-order chi connectivity index (χ0) is 18.5. The zero-order valence-electron chi connectivity index (χ0n) is 14.8. The molecule has 1 aromatic carbocycles. The second-order valence-corrected chi connectivity index (χ2v) is 6.17. The van der Waals surface area contributed by atoms with E-state index in [0.717, 1.165) is 11.1 Å². The van der Waals surface area contributed by atoms with Crippen LogP contribution in [0.25, 0.3) is 11.1 Å². The normalized spacial score (nSPS) is 20.1. The van der Waals surface area contributed by atoms with Gasteiger partial charge in [-0.2, -0.15) is 0 Å². The molecule has 0 radical (unpaired) electrons. The number of nitrogens with zero attached hydrogens (tertiary/aromatic N) is 4. The standard InChI is InChI=1S/C20H21FN4O/c1-3-22-11-19-14(2)24-12-20(26)25(19)13-17-7-6-15(9-18(17)21)16-5-4-8-23-10-16/h4-12,14,19H,3,13H2,1-2H3. The maximum absolute atomic E-state index is 14.7. The fourth-order valence-corrected chi connectivity index (χ4v) is 2.92. The lowest BCUT2D eigenvalue weighted by atomic mass is 10.0. The van der Waals surface area contributed by atoms with Crippen LogP contribution in [-0.2, 0) is 11.3 Å². The van der Waals surface area contributed by atoms with E-state index in [-0.39, 0.29) is 30.4 Å². The Bertz CT molecular complexity index is 835. The second kappa shape index (κ2) is 7.99. The van der Waals surface area contributed by atoms with Gasteiger partial charge < -0.3 is 4.90 Å². The molecule has 2 aromatic rings. The molecule has 0 saturated heterocycles. The van der Waals surface area contributed by atoms with Crippen LogP contribution in [0.5, 0.6) is 0 Å². The monoisotopic (exact) mass is 352 g/mol. The van der Waals surface area contributed by atoms with Crippen LogP contribution in [-0.4, -0.2) is 46.8 Å².